The zero-order valence-corrected chi connectivity index (χ0v) is 8.01. The quantitative estimate of drug-likeness (QED) is 0.712. The summed E-state index contributed by atoms with van der Waals surface area (Å²) in [6, 6.07) is 4.37. The van der Waals surface area contributed by atoms with E-state index in [4.69, 9.17) is 4.74 Å². The van der Waals surface area contributed by atoms with Crippen molar-refractivity contribution in [2.75, 3.05) is 6.61 Å². The van der Waals surface area contributed by atoms with E-state index in [1.54, 1.807) is 0 Å². The van der Waals surface area contributed by atoms with E-state index in [0.717, 1.165) is 12.1 Å². The smallest absolute Gasteiger partial charge is 0.416 e. The van der Waals surface area contributed by atoms with E-state index in [1.807, 2.05) is 0 Å². The Balaban J connectivity index is 2.75. The van der Waals surface area contributed by atoms with Crippen molar-refractivity contribution in [1.29, 1.82) is 0 Å². The lowest BCUT2D eigenvalue weighted by atomic mass is 10.2. The van der Waals surface area contributed by atoms with Crippen LogP contribution in [0, 0.1) is 0 Å². The number of hydrogen-bond donors (Lipinski definition) is 0. The number of hydrogen-bond acceptors (Lipinski definition) is 1. The van der Waals surface area contributed by atoms with E-state index < -0.39 is 17.9 Å². The summed E-state index contributed by atoms with van der Waals surface area (Å²) in [6.07, 6.45) is -5.61. The maximum atomic E-state index is 12.4. The summed E-state index contributed by atoms with van der Waals surface area (Å²) in [5.74, 6) is 0.0225. The van der Waals surface area contributed by atoms with Crippen LogP contribution in [-0.4, -0.2) is 12.8 Å². The van der Waals surface area contributed by atoms with E-state index in [2.05, 4.69) is 0 Å². The lowest BCUT2D eigenvalue weighted by Crippen LogP contribution is -2.09. The minimum atomic E-state index is -4.40. The van der Waals surface area contributed by atoms with Crippen LogP contribution < -0.4 is 4.74 Å². The highest BCUT2D eigenvalue weighted by atomic mass is 19.4. The number of benzene rings is 1. The topological polar surface area (TPSA) is 9.23 Å². The second kappa shape index (κ2) is 4.51. The standard InChI is InChI=1S/C10H10F4O/c1-7(11)6-15-9-4-2-3-8(5-9)10(12,13)14/h2-5,7H,6H2,1H3/t7-/m1/s1. The minimum Gasteiger partial charge on any atom is -0.491 e. The molecule has 1 atom stereocenters. The van der Waals surface area contributed by atoms with Crippen molar-refractivity contribution in [2.24, 2.45) is 0 Å². The zero-order chi connectivity index (χ0) is 11.5. The monoisotopic (exact) mass is 222 g/mol. The first-order chi connectivity index (χ1) is 6.89. The van der Waals surface area contributed by atoms with Gasteiger partial charge >= 0.3 is 6.18 Å². The fraction of sp³-hybridized carbons (Fsp3) is 0.400. The van der Waals surface area contributed by atoms with Gasteiger partial charge in [-0.3, -0.25) is 0 Å². The van der Waals surface area contributed by atoms with E-state index in [9.17, 15) is 17.6 Å². The summed E-state index contributed by atoms with van der Waals surface area (Å²) in [6.45, 7) is 1.02. The summed E-state index contributed by atoms with van der Waals surface area (Å²) < 4.78 is 53.9. The van der Waals surface area contributed by atoms with E-state index in [0.29, 0.717) is 0 Å². The van der Waals surface area contributed by atoms with Crippen molar-refractivity contribution >= 4 is 0 Å². The highest BCUT2D eigenvalue weighted by Gasteiger charge is 2.30. The molecule has 0 bridgehead atoms. The molecule has 0 aliphatic heterocycles. The third-order valence-electron chi connectivity index (χ3n) is 1.64. The lowest BCUT2D eigenvalue weighted by molar-refractivity contribution is -0.137. The molecule has 0 aromatic heterocycles. The molecule has 1 aromatic carbocycles. The van der Waals surface area contributed by atoms with Crippen molar-refractivity contribution in [3.63, 3.8) is 0 Å². The molecule has 0 N–H and O–H groups in total. The molecule has 0 aliphatic rings. The summed E-state index contributed by atoms with van der Waals surface area (Å²) in [5.41, 5.74) is -0.800. The second-order valence-electron chi connectivity index (χ2n) is 3.12. The summed E-state index contributed by atoms with van der Waals surface area (Å²) in [5, 5.41) is 0. The average molecular weight is 222 g/mol. The van der Waals surface area contributed by atoms with E-state index in [-0.39, 0.29) is 12.4 Å². The molecule has 0 heterocycles. The van der Waals surface area contributed by atoms with Gasteiger partial charge in [0.25, 0.3) is 0 Å². The van der Waals surface area contributed by atoms with Gasteiger partial charge in [0.2, 0.25) is 0 Å². The van der Waals surface area contributed by atoms with Crippen LogP contribution in [0.2, 0.25) is 0 Å². The molecule has 0 spiro atoms. The molecule has 1 rings (SSSR count). The first-order valence-corrected chi connectivity index (χ1v) is 4.33. The molecule has 1 nitrogen and oxygen atoms in total. The maximum Gasteiger partial charge on any atom is 0.416 e. The van der Waals surface area contributed by atoms with Gasteiger partial charge in [-0.25, -0.2) is 4.39 Å². The predicted molar refractivity (Wildman–Crippen MR) is 47.5 cm³/mol. The first kappa shape index (κ1) is 11.8. The summed E-state index contributed by atoms with van der Waals surface area (Å²) >= 11 is 0. The molecule has 0 radical (unpaired) electrons. The SMILES string of the molecule is C[C@@H](F)COc1cccc(C(F)(F)F)c1. The molecule has 1 aromatic rings. The average Bonchev–Trinajstić information content (AvgIpc) is 2.14. The molecule has 84 valence electrons. The number of rotatable bonds is 3. The molecule has 0 amide bonds. The molecule has 0 fully saturated rings. The van der Waals surface area contributed by atoms with Crippen LogP contribution in [0.1, 0.15) is 12.5 Å². The van der Waals surface area contributed by atoms with Gasteiger partial charge in [0.1, 0.15) is 18.5 Å². The van der Waals surface area contributed by atoms with Gasteiger partial charge in [-0.05, 0) is 25.1 Å². The van der Waals surface area contributed by atoms with Crippen LogP contribution in [0.4, 0.5) is 17.6 Å². The molecular formula is C10H10F4O. The van der Waals surface area contributed by atoms with Crippen molar-refractivity contribution in [3.05, 3.63) is 29.8 Å². The van der Waals surface area contributed by atoms with Crippen molar-refractivity contribution < 1.29 is 22.3 Å². The fourth-order valence-electron chi connectivity index (χ4n) is 0.973. The van der Waals surface area contributed by atoms with Gasteiger partial charge in [0.05, 0.1) is 5.56 Å². The Morgan fingerprint density at radius 1 is 1.33 bits per heavy atom. The van der Waals surface area contributed by atoms with Gasteiger partial charge in [0, 0.05) is 0 Å². The first-order valence-electron chi connectivity index (χ1n) is 4.33. The second-order valence-corrected chi connectivity index (χ2v) is 3.12. The maximum absolute atomic E-state index is 12.4. The van der Waals surface area contributed by atoms with Crippen LogP contribution in [0.3, 0.4) is 0 Å². The molecule has 15 heavy (non-hydrogen) atoms. The zero-order valence-electron chi connectivity index (χ0n) is 8.01. The molecule has 0 unspecified atom stereocenters. The van der Waals surface area contributed by atoms with Crippen LogP contribution in [-0.2, 0) is 6.18 Å². The van der Waals surface area contributed by atoms with Crippen LogP contribution in [0.5, 0.6) is 5.75 Å². The van der Waals surface area contributed by atoms with Crippen molar-refractivity contribution in [1.82, 2.24) is 0 Å². The van der Waals surface area contributed by atoms with Crippen molar-refractivity contribution in [2.45, 2.75) is 19.3 Å². The van der Waals surface area contributed by atoms with Crippen LogP contribution >= 0.6 is 0 Å². The Labute approximate surface area is 84.7 Å². The Hall–Kier alpha value is -1.26. The summed E-state index contributed by atoms with van der Waals surface area (Å²) in [4.78, 5) is 0. The lowest BCUT2D eigenvalue weighted by Gasteiger charge is -2.10. The third kappa shape index (κ3) is 3.77. The van der Waals surface area contributed by atoms with Crippen LogP contribution in [0.15, 0.2) is 24.3 Å². The van der Waals surface area contributed by atoms with E-state index >= 15 is 0 Å². The molecule has 0 saturated carbocycles. The Morgan fingerprint density at radius 3 is 2.53 bits per heavy atom. The Morgan fingerprint density at radius 2 is 2.00 bits per heavy atom. The number of alkyl halides is 4. The molecule has 0 saturated heterocycles. The molecule has 5 heteroatoms. The largest absolute Gasteiger partial charge is 0.491 e. The highest BCUT2D eigenvalue weighted by molar-refractivity contribution is 5.30. The van der Waals surface area contributed by atoms with Gasteiger partial charge in [-0.15, -0.1) is 0 Å². The van der Waals surface area contributed by atoms with Gasteiger partial charge < -0.3 is 4.74 Å². The number of ether oxygens (including phenoxy) is 1. The fourth-order valence-corrected chi connectivity index (χ4v) is 0.973. The molecule has 0 aliphatic carbocycles. The number of halogens is 4. The van der Waals surface area contributed by atoms with E-state index in [1.165, 1.54) is 19.1 Å². The summed E-state index contributed by atoms with van der Waals surface area (Å²) in [7, 11) is 0. The van der Waals surface area contributed by atoms with Gasteiger partial charge in [0.15, 0.2) is 0 Å². The third-order valence-corrected chi connectivity index (χ3v) is 1.64. The van der Waals surface area contributed by atoms with Gasteiger partial charge in [-0.1, -0.05) is 6.07 Å². The van der Waals surface area contributed by atoms with Crippen molar-refractivity contribution in [3.8, 4) is 5.75 Å². The van der Waals surface area contributed by atoms with Crippen LogP contribution in [0.25, 0.3) is 0 Å². The predicted octanol–water partition coefficient (Wildman–Crippen LogP) is 3.44. The Bertz CT molecular complexity index is 319. The minimum absolute atomic E-state index is 0.0225. The highest BCUT2D eigenvalue weighted by Crippen LogP contribution is 2.31. The van der Waals surface area contributed by atoms with Gasteiger partial charge in [-0.2, -0.15) is 13.2 Å². The molecular weight excluding hydrogens is 212 g/mol. The normalized spacial score (nSPS) is 13.7. The Kier molecular flexibility index (Phi) is 3.55.